The van der Waals surface area contributed by atoms with E-state index in [0.717, 1.165) is 11.3 Å². The Bertz CT molecular complexity index is 675. The smallest absolute Gasteiger partial charge is 0.336 e. The molecule has 6 nitrogen and oxygen atoms in total. The van der Waals surface area contributed by atoms with Crippen molar-refractivity contribution in [2.75, 3.05) is 0 Å². The molecule has 20 heavy (non-hydrogen) atoms. The number of nitrogens with two attached hydrogens (primary N) is 1. The van der Waals surface area contributed by atoms with Crippen molar-refractivity contribution >= 4 is 0 Å². The number of furan rings is 1. The first-order valence-corrected chi connectivity index (χ1v) is 6.22. The molecule has 2 N–H and O–H groups in total. The maximum Gasteiger partial charge on any atom is 0.336 e. The SMILES string of the molecule is NCc1occc1COc1ncn(-c2ccccc2)n1. The molecule has 2 aromatic heterocycles. The van der Waals surface area contributed by atoms with Gasteiger partial charge in [-0.3, -0.25) is 0 Å². The van der Waals surface area contributed by atoms with Gasteiger partial charge in [0.05, 0.1) is 18.5 Å². The van der Waals surface area contributed by atoms with Gasteiger partial charge in [0, 0.05) is 5.56 Å². The van der Waals surface area contributed by atoms with Gasteiger partial charge in [0.2, 0.25) is 0 Å². The fraction of sp³-hybridized carbons (Fsp3) is 0.143. The van der Waals surface area contributed by atoms with Gasteiger partial charge >= 0.3 is 6.01 Å². The van der Waals surface area contributed by atoms with Crippen LogP contribution < -0.4 is 10.5 Å². The molecule has 2 heterocycles. The third kappa shape index (κ3) is 2.55. The molecule has 3 rings (SSSR count). The number of hydrogen-bond donors (Lipinski definition) is 1. The summed E-state index contributed by atoms with van der Waals surface area (Å²) in [5.74, 6) is 0.715. The van der Waals surface area contributed by atoms with Crippen LogP contribution in [-0.4, -0.2) is 14.8 Å². The van der Waals surface area contributed by atoms with E-state index in [2.05, 4.69) is 10.1 Å². The van der Waals surface area contributed by atoms with Crippen LogP contribution in [0.1, 0.15) is 11.3 Å². The summed E-state index contributed by atoms with van der Waals surface area (Å²) in [6, 6.07) is 11.9. The van der Waals surface area contributed by atoms with Crippen molar-refractivity contribution in [1.82, 2.24) is 14.8 Å². The highest BCUT2D eigenvalue weighted by Crippen LogP contribution is 2.13. The van der Waals surface area contributed by atoms with Crippen LogP contribution in [0.5, 0.6) is 6.01 Å². The van der Waals surface area contributed by atoms with E-state index in [1.54, 1.807) is 17.3 Å². The highest BCUT2D eigenvalue weighted by molar-refractivity contribution is 5.29. The zero-order valence-corrected chi connectivity index (χ0v) is 10.8. The number of para-hydroxylation sites is 1. The summed E-state index contributed by atoms with van der Waals surface area (Å²) in [5, 5.41) is 4.26. The number of rotatable bonds is 5. The van der Waals surface area contributed by atoms with Crippen LogP contribution in [0.2, 0.25) is 0 Å². The number of benzene rings is 1. The monoisotopic (exact) mass is 270 g/mol. The molecule has 0 bridgehead atoms. The van der Waals surface area contributed by atoms with E-state index in [4.69, 9.17) is 14.9 Å². The molecule has 0 radical (unpaired) electrons. The Balaban J connectivity index is 1.69. The van der Waals surface area contributed by atoms with Gasteiger partial charge in [0.25, 0.3) is 0 Å². The largest absolute Gasteiger partial charge is 0.468 e. The molecule has 102 valence electrons. The molecule has 0 aliphatic heterocycles. The summed E-state index contributed by atoms with van der Waals surface area (Å²) in [4.78, 5) is 4.12. The first kappa shape index (κ1) is 12.4. The van der Waals surface area contributed by atoms with E-state index >= 15 is 0 Å². The molecule has 0 saturated carbocycles. The van der Waals surface area contributed by atoms with Crippen LogP contribution in [0.4, 0.5) is 0 Å². The van der Waals surface area contributed by atoms with Crippen molar-refractivity contribution in [2.45, 2.75) is 13.2 Å². The van der Waals surface area contributed by atoms with Gasteiger partial charge in [0.1, 0.15) is 18.7 Å². The van der Waals surface area contributed by atoms with E-state index in [0.29, 0.717) is 24.9 Å². The lowest BCUT2D eigenvalue weighted by Gasteiger charge is -2.01. The van der Waals surface area contributed by atoms with Crippen molar-refractivity contribution in [2.24, 2.45) is 5.73 Å². The second-order valence-electron chi connectivity index (χ2n) is 4.17. The quantitative estimate of drug-likeness (QED) is 0.766. The Labute approximate surface area is 115 Å². The molecule has 1 aromatic carbocycles. The third-order valence-corrected chi connectivity index (χ3v) is 2.87. The molecule has 0 fully saturated rings. The summed E-state index contributed by atoms with van der Waals surface area (Å²) in [6.07, 6.45) is 3.21. The highest BCUT2D eigenvalue weighted by atomic mass is 16.5. The normalized spacial score (nSPS) is 10.7. The lowest BCUT2D eigenvalue weighted by atomic mass is 10.2. The van der Waals surface area contributed by atoms with Gasteiger partial charge < -0.3 is 14.9 Å². The molecule has 6 heteroatoms. The van der Waals surface area contributed by atoms with Gasteiger partial charge in [-0.05, 0) is 18.2 Å². The van der Waals surface area contributed by atoms with Crippen molar-refractivity contribution in [1.29, 1.82) is 0 Å². The van der Waals surface area contributed by atoms with Gasteiger partial charge in [0.15, 0.2) is 0 Å². The van der Waals surface area contributed by atoms with Crippen LogP contribution in [0.15, 0.2) is 53.4 Å². The number of hydrogen-bond acceptors (Lipinski definition) is 5. The standard InChI is InChI=1S/C14H14N4O2/c15-8-13-11(6-7-19-13)9-20-14-16-10-18(17-14)12-4-2-1-3-5-12/h1-7,10H,8-9,15H2. The summed E-state index contributed by atoms with van der Waals surface area (Å²) in [6.45, 7) is 0.680. The van der Waals surface area contributed by atoms with Crippen LogP contribution in [0.3, 0.4) is 0 Å². The summed E-state index contributed by atoms with van der Waals surface area (Å²) < 4.78 is 12.4. The minimum absolute atomic E-state index is 0.318. The molecule has 0 atom stereocenters. The molecule has 0 aliphatic rings. The fourth-order valence-corrected chi connectivity index (χ4v) is 1.84. The van der Waals surface area contributed by atoms with Crippen molar-refractivity contribution in [3.8, 4) is 11.7 Å². The zero-order chi connectivity index (χ0) is 13.8. The van der Waals surface area contributed by atoms with Crippen LogP contribution in [-0.2, 0) is 13.2 Å². The van der Waals surface area contributed by atoms with Crippen molar-refractivity contribution in [3.05, 3.63) is 60.3 Å². The average Bonchev–Trinajstić information content (AvgIpc) is 3.15. The maximum atomic E-state index is 5.56. The summed E-state index contributed by atoms with van der Waals surface area (Å²) in [5.41, 5.74) is 7.40. The van der Waals surface area contributed by atoms with Crippen LogP contribution >= 0.6 is 0 Å². The molecular formula is C14H14N4O2. The Hall–Kier alpha value is -2.60. The highest BCUT2D eigenvalue weighted by Gasteiger charge is 2.08. The molecule has 0 amide bonds. The van der Waals surface area contributed by atoms with Gasteiger partial charge in [-0.1, -0.05) is 18.2 Å². The zero-order valence-electron chi connectivity index (χ0n) is 10.8. The van der Waals surface area contributed by atoms with Gasteiger partial charge in [-0.25, -0.2) is 4.68 Å². The molecule has 3 aromatic rings. The topological polar surface area (TPSA) is 79.1 Å². The van der Waals surface area contributed by atoms with Crippen LogP contribution in [0.25, 0.3) is 5.69 Å². The predicted molar refractivity (Wildman–Crippen MR) is 72.3 cm³/mol. The molecule has 0 unspecified atom stereocenters. The second kappa shape index (κ2) is 5.58. The first-order valence-electron chi connectivity index (χ1n) is 6.22. The summed E-state index contributed by atoms with van der Waals surface area (Å²) >= 11 is 0. The molecule has 0 saturated heterocycles. The van der Waals surface area contributed by atoms with E-state index in [1.807, 2.05) is 36.4 Å². The van der Waals surface area contributed by atoms with Crippen LogP contribution in [0, 0.1) is 0 Å². The minimum atomic E-state index is 0.318. The Morgan fingerprint density at radius 3 is 2.85 bits per heavy atom. The van der Waals surface area contributed by atoms with Gasteiger partial charge in [-0.15, -0.1) is 5.10 Å². The second-order valence-corrected chi connectivity index (χ2v) is 4.17. The number of ether oxygens (including phenoxy) is 1. The Morgan fingerprint density at radius 2 is 2.05 bits per heavy atom. The van der Waals surface area contributed by atoms with E-state index in [-0.39, 0.29) is 0 Å². The van der Waals surface area contributed by atoms with Crippen molar-refractivity contribution in [3.63, 3.8) is 0 Å². The lowest BCUT2D eigenvalue weighted by Crippen LogP contribution is -2.03. The third-order valence-electron chi connectivity index (χ3n) is 2.87. The predicted octanol–water partition coefficient (Wildman–Crippen LogP) is 1.90. The number of aromatic nitrogens is 3. The number of nitrogens with zero attached hydrogens (tertiary/aromatic N) is 3. The maximum absolute atomic E-state index is 5.56. The Kier molecular flexibility index (Phi) is 3.47. The van der Waals surface area contributed by atoms with Crippen molar-refractivity contribution < 1.29 is 9.15 Å². The van der Waals surface area contributed by atoms with E-state index in [1.165, 1.54) is 0 Å². The van der Waals surface area contributed by atoms with Gasteiger partial charge in [-0.2, -0.15) is 4.98 Å². The average molecular weight is 270 g/mol. The van der Waals surface area contributed by atoms with E-state index in [9.17, 15) is 0 Å². The Morgan fingerprint density at radius 1 is 1.20 bits per heavy atom. The van der Waals surface area contributed by atoms with E-state index < -0.39 is 0 Å². The molecule has 0 spiro atoms. The summed E-state index contributed by atoms with van der Waals surface area (Å²) in [7, 11) is 0. The minimum Gasteiger partial charge on any atom is -0.468 e. The first-order chi connectivity index (χ1) is 9.86. The molecular weight excluding hydrogens is 256 g/mol. The fourth-order valence-electron chi connectivity index (χ4n) is 1.84. The lowest BCUT2D eigenvalue weighted by molar-refractivity contribution is 0.277. The molecule has 0 aliphatic carbocycles.